The fraction of sp³-hybridized carbons (Fsp3) is 0.391. The van der Waals surface area contributed by atoms with Gasteiger partial charge >= 0.3 is 0 Å². The summed E-state index contributed by atoms with van der Waals surface area (Å²) in [5, 5.41) is 3.07. The van der Waals surface area contributed by atoms with Gasteiger partial charge in [0, 0.05) is 5.56 Å². The molecule has 0 radical (unpaired) electrons. The molecule has 1 amide bonds. The molecule has 0 saturated heterocycles. The van der Waals surface area contributed by atoms with E-state index in [0.29, 0.717) is 49.1 Å². The number of aromatic nitrogens is 2. The third-order valence-corrected chi connectivity index (χ3v) is 4.62. The molecule has 160 valence electrons. The molecule has 1 unspecified atom stereocenters. The number of carbonyl (C=O) groups excluding carboxylic acids is 1. The topological polar surface area (TPSA) is 85.5 Å². The average molecular weight is 412 g/mol. The quantitative estimate of drug-likeness (QED) is 0.508. The highest BCUT2D eigenvalue weighted by Crippen LogP contribution is 2.39. The van der Waals surface area contributed by atoms with Crippen molar-refractivity contribution in [2.45, 2.75) is 40.2 Å². The van der Waals surface area contributed by atoms with E-state index >= 15 is 0 Å². The molecule has 0 aliphatic carbocycles. The van der Waals surface area contributed by atoms with Crippen molar-refractivity contribution in [1.82, 2.24) is 15.3 Å². The highest BCUT2D eigenvalue weighted by Gasteiger charge is 2.21. The van der Waals surface area contributed by atoms with Crippen LogP contribution < -0.4 is 19.5 Å². The Kier molecular flexibility index (Phi) is 7.17. The SMILES string of the molecule is CCOc1cc(C(=O)NC(CC)c2nc3ccccc3[nH]2)cc(OCC)c1OCC. The predicted molar refractivity (Wildman–Crippen MR) is 117 cm³/mol. The molecule has 2 N–H and O–H groups in total. The molecular weight excluding hydrogens is 382 g/mol. The maximum atomic E-state index is 13.1. The lowest BCUT2D eigenvalue weighted by atomic mass is 10.1. The van der Waals surface area contributed by atoms with Crippen LogP contribution >= 0.6 is 0 Å². The van der Waals surface area contributed by atoms with Crippen molar-refractivity contribution in [3.05, 3.63) is 47.8 Å². The van der Waals surface area contributed by atoms with Crippen LogP contribution in [0.2, 0.25) is 0 Å². The summed E-state index contributed by atoms with van der Waals surface area (Å²) in [5.41, 5.74) is 2.26. The number of nitrogens with one attached hydrogen (secondary N) is 2. The zero-order valence-electron chi connectivity index (χ0n) is 18.0. The number of rotatable bonds is 10. The summed E-state index contributed by atoms with van der Waals surface area (Å²) in [6.45, 7) is 9.05. The van der Waals surface area contributed by atoms with E-state index in [1.54, 1.807) is 12.1 Å². The second kappa shape index (κ2) is 10.0. The van der Waals surface area contributed by atoms with Gasteiger partial charge in [0.2, 0.25) is 5.75 Å². The number of amides is 1. The minimum atomic E-state index is -0.248. The molecule has 1 aromatic heterocycles. The van der Waals surface area contributed by atoms with Crippen LogP contribution in [0.4, 0.5) is 0 Å². The van der Waals surface area contributed by atoms with Crippen molar-refractivity contribution in [2.75, 3.05) is 19.8 Å². The summed E-state index contributed by atoms with van der Waals surface area (Å²) in [5.74, 6) is 2.00. The molecule has 1 atom stereocenters. The van der Waals surface area contributed by atoms with E-state index in [9.17, 15) is 4.79 Å². The lowest BCUT2D eigenvalue weighted by molar-refractivity contribution is 0.0932. The van der Waals surface area contributed by atoms with Crippen molar-refractivity contribution >= 4 is 16.9 Å². The normalized spacial score (nSPS) is 11.9. The fourth-order valence-electron chi connectivity index (χ4n) is 3.26. The molecule has 30 heavy (non-hydrogen) atoms. The highest BCUT2D eigenvalue weighted by molar-refractivity contribution is 5.96. The van der Waals surface area contributed by atoms with E-state index in [2.05, 4.69) is 15.3 Å². The first-order chi connectivity index (χ1) is 14.6. The van der Waals surface area contributed by atoms with Crippen LogP contribution in [0.1, 0.15) is 56.3 Å². The van der Waals surface area contributed by atoms with Gasteiger partial charge in [0.15, 0.2) is 11.5 Å². The molecule has 1 heterocycles. The Labute approximate surface area is 176 Å². The predicted octanol–water partition coefficient (Wildman–Crippen LogP) is 4.64. The number of H-pyrrole nitrogens is 1. The molecule has 3 rings (SSSR count). The Balaban J connectivity index is 1.90. The number of fused-ring (bicyclic) bond motifs is 1. The second-order valence-electron chi connectivity index (χ2n) is 6.67. The Bertz CT molecular complexity index is 939. The number of para-hydroxylation sites is 2. The summed E-state index contributed by atoms with van der Waals surface area (Å²) in [6, 6.07) is 10.9. The van der Waals surface area contributed by atoms with Gasteiger partial charge in [-0.1, -0.05) is 19.1 Å². The summed E-state index contributed by atoms with van der Waals surface area (Å²) in [7, 11) is 0. The van der Waals surface area contributed by atoms with E-state index in [4.69, 9.17) is 14.2 Å². The first-order valence-electron chi connectivity index (χ1n) is 10.4. The number of aromatic amines is 1. The minimum Gasteiger partial charge on any atom is -0.490 e. The van der Waals surface area contributed by atoms with Gasteiger partial charge in [-0.15, -0.1) is 0 Å². The molecule has 0 aliphatic heterocycles. The van der Waals surface area contributed by atoms with Gasteiger partial charge in [0.1, 0.15) is 5.82 Å². The fourth-order valence-corrected chi connectivity index (χ4v) is 3.26. The van der Waals surface area contributed by atoms with Gasteiger partial charge in [-0.2, -0.15) is 0 Å². The van der Waals surface area contributed by atoms with Gasteiger partial charge < -0.3 is 24.5 Å². The minimum absolute atomic E-state index is 0.229. The zero-order chi connectivity index (χ0) is 21.5. The standard InChI is InChI=1S/C23H29N3O4/c1-5-16(22-24-17-11-9-10-12-18(17)25-22)26-23(27)15-13-19(28-6-2)21(30-8-4)20(14-15)29-7-3/h9-14,16H,5-8H2,1-4H3,(H,24,25)(H,26,27). The molecule has 0 fully saturated rings. The molecule has 0 aliphatic rings. The molecule has 2 aromatic carbocycles. The maximum absolute atomic E-state index is 13.1. The first kappa shape index (κ1) is 21.5. The summed E-state index contributed by atoms with van der Waals surface area (Å²) in [4.78, 5) is 21.0. The third kappa shape index (κ3) is 4.67. The van der Waals surface area contributed by atoms with Gasteiger partial charge in [0.05, 0.1) is 36.9 Å². The Morgan fingerprint density at radius 3 is 2.20 bits per heavy atom. The Morgan fingerprint density at radius 2 is 1.63 bits per heavy atom. The maximum Gasteiger partial charge on any atom is 0.252 e. The lowest BCUT2D eigenvalue weighted by Gasteiger charge is -2.18. The number of hydrogen-bond donors (Lipinski definition) is 2. The number of benzene rings is 2. The van der Waals surface area contributed by atoms with E-state index in [-0.39, 0.29) is 11.9 Å². The largest absolute Gasteiger partial charge is 0.490 e. The third-order valence-electron chi connectivity index (χ3n) is 4.62. The van der Waals surface area contributed by atoms with E-state index in [1.807, 2.05) is 52.0 Å². The molecule has 0 spiro atoms. The molecule has 0 bridgehead atoms. The molecule has 7 nitrogen and oxygen atoms in total. The lowest BCUT2D eigenvalue weighted by Crippen LogP contribution is -2.29. The van der Waals surface area contributed by atoms with E-state index in [1.165, 1.54) is 0 Å². The van der Waals surface area contributed by atoms with Gasteiger partial charge in [-0.3, -0.25) is 4.79 Å². The molecule has 7 heteroatoms. The van der Waals surface area contributed by atoms with Crippen molar-refractivity contribution in [3.63, 3.8) is 0 Å². The second-order valence-corrected chi connectivity index (χ2v) is 6.67. The van der Waals surface area contributed by atoms with Crippen LogP contribution in [0.15, 0.2) is 36.4 Å². The number of carbonyl (C=O) groups is 1. The van der Waals surface area contributed by atoms with Crippen LogP contribution in [0, 0.1) is 0 Å². The monoisotopic (exact) mass is 411 g/mol. The average Bonchev–Trinajstić information content (AvgIpc) is 3.18. The van der Waals surface area contributed by atoms with E-state index < -0.39 is 0 Å². The summed E-state index contributed by atoms with van der Waals surface area (Å²) < 4.78 is 17.2. The number of nitrogens with zero attached hydrogens (tertiary/aromatic N) is 1. The van der Waals surface area contributed by atoms with Crippen LogP contribution in [0.3, 0.4) is 0 Å². The van der Waals surface area contributed by atoms with E-state index in [0.717, 1.165) is 16.9 Å². The number of imidazole rings is 1. The smallest absolute Gasteiger partial charge is 0.252 e. The van der Waals surface area contributed by atoms with Crippen molar-refractivity contribution in [2.24, 2.45) is 0 Å². The number of hydrogen-bond acceptors (Lipinski definition) is 5. The van der Waals surface area contributed by atoms with Crippen LogP contribution in [-0.2, 0) is 0 Å². The first-order valence-corrected chi connectivity index (χ1v) is 10.4. The molecular formula is C23H29N3O4. The van der Waals surface area contributed by atoms with Crippen LogP contribution in [0.5, 0.6) is 17.2 Å². The summed E-state index contributed by atoms with van der Waals surface area (Å²) >= 11 is 0. The van der Waals surface area contributed by atoms with Crippen LogP contribution in [-0.4, -0.2) is 35.7 Å². The van der Waals surface area contributed by atoms with Crippen molar-refractivity contribution in [3.8, 4) is 17.2 Å². The summed E-state index contributed by atoms with van der Waals surface area (Å²) in [6.07, 6.45) is 0.694. The van der Waals surface area contributed by atoms with Crippen LogP contribution in [0.25, 0.3) is 11.0 Å². The van der Waals surface area contributed by atoms with Gasteiger partial charge in [-0.05, 0) is 51.5 Å². The Hall–Kier alpha value is -3.22. The van der Waals surface area contributed by atoms with Crippen molar-refractivity contribution in [1.29, 1.82) is 0 Å². The van der Waals surface area contributed by atoms with Gasteiger partial charge in [-0.25, -0.2) is 4.98 Å². The highest BCUT2D eigenvalue weighted by atomic mass is 16.5. The zero-order valence-corrected chi connectivity index (χ0v) is 18.0. The van der Waals surface area contributed by atoms with Crippen molar-refractivity contribution < 1.29 is 19.0 Å². The Morgan fingerprint density at radius 1 is 1.00 bits per heavy atom. The number of ether oxygens (including phenoxy) is 3. The molecule has 0 saturated carbocycles. The molecule has 3 aromatic rings. The van der Waals surface area contributed by atoms with Gasteiger partial charge in [0.25, 0.3) is 5.91 Å².